The third kappa shape index (κ3) is 4.76. The molecule has 2 rings (SSSR count). The molecule has 2 aliphatic rings. The van der Waals surface area contributed by atoms with Crippen LogP contribution in [-0.4, -0.2) is 67.4 Å². The molecule has 0 aromatic rings. The van der Waals surface area contributed by atoms with Gasteiger partial charge in [0.2, 0.25) is 11.8 Å². The van der Waals surface area contributed by atoms with Crippen molar-refractivity contribution in [2.24, 2.45) is 11.7 Å². The summed E-state index contributed by atoms with van der Waals surface area (Å²) in [6.07, 6.45) is 4.27. The fourth-order valence-electron chi connectivity index (χ4n) is 2.50. The number of nitrogens with two attached hydrogens (primary N) is 1. The number of amides is 2. The predicted octanol–water partition coefficient (Wildman–Crippen LogP) is -0.606. The van der Waals surface area contributed by atoms with Crippen LogP contribution in [0.3, 0.4) is 0 Å². The van der Waals surface area contributed by atoms with Gasteiger partial charge in [-0.3, -0.25) is 14.5 Å². The second-order valence-electron chi connectivity index (χ2n) is 6.05. The average Bonchev–Trinajstić information content (AvgIpc) is 3.23. The third-order valence-corrected chi connectivity index (χ3v) is 4.15. The van der Waals surface area contributed by atoms with Crippen molar-refractivity contribution in [2.75, 3.05) is 39.8 Å². The number of likely N-dealkylation sites (N-methyl/N-ethyl adjacent to an activating group) is 1. The summed E-state index contributed by atoms with van der Waals surface area (Å²) in [5.74, 6) is 0.565. The largest absolute Gasteiger partial charge is 0.352 e. The summed E-state index contributed by atoms with van der Waals surface area (Å²) in [5, 5.41) is 2.90. The van der Waals surface area contributed by atoms with Gasteiger partial charge in [0.1, 0.15) is 0 Å². The number of carbonyl (C=O) groups excluding carboxylic acids is 2. The third-order valence-electron chi connectivity index (χ3n) is 4.15. The molecule has 6 nitrogen and oxygen atoms in total. The smallest absolute Gasteiger partial charge is 0.239 e. The Hall–Kier alpha value is -1.14. The second-order valence-corrected chi connectivity index (χ2v) is 6.05. The molecule has 0 spiro atoms. The van der Waals surface area contributed by atoms with E-state index in [0.29, 0.717) is 18.5 Å². The van der Waals surface area contributed by atoms with Crippen LogP contribution in [0.1, 0.15) is 25.7 Å². The highest BCUT2D eigenvalue weighted by molar-refractivity contribution is 5.85. The molecule has 0 radical (unpaired) electrons. The SMILES string of the molecule is CN(CC(=O)NC1CC1)C(=O)CN1CCC(CN)CC1. The lowest BCUT2D eigenvalue weighted by Crippen LogP contribution is -2.45. The minimum absolute atomic E-state index is 0.0159. The lowest BCUT2D eigenvalue weighted by molar-refractivity contribution is -0.135. The Morgan fingerprint density at radius 3 is 2.45 bits per heavy atom. The molecule has 1 saturated carbocycles. The molecule has 114 valence electrons. The maximum atomic E-state index is 12.1. The zero-order valence-corrected chi connectivity index (χ0v) is 12.3. The zero-order chi connectivity index (χ0) is 14.5. The van der Waals surface area contributed by atoms with E-state index in [4.69, 9.17) is 5.73 Å². The molecule has 1 aliphatic heterocycles. The van der Waals surface area contributed by atoms with Gasteiger partial charge in [-0.15, -0.1) is 0 Å². The van der Waals surface area contributed by atoms with Crippen molar-refractivity contribution in [2.45, 2.75) is 31.7 Å². The van der Waals surface area contributed by atoms with Gasteiger partial charge in [0, 0.05) is 13.1 Å². The van der Waals surface area contributed by atoms with Gasteiger partial charge in [-0.2, -0.15) is 0 Å². The van der Waals surface area contributed by atoms with Crippen LogP contribution in [0.25, 0.3) is 0 Å². The van der Waals surface area contributed by atoms with Gasteiger partial charge in [0.15, 0.2) is 0 Å². The maximum Gasteiger partial charge on any atom is 0.239 e. The van der Waals surface area contributed by atoms with Gasteiger partial charge in [-0.1, -0.05) is 0 Å². The summed E-state index contributed by atoms with van der Waals surface area (Å²) in [6, 6.07) is 0.348. The molecule has 1 heterocycles. The topological polar surface area (TPSA) is 78.7 Å². The van der Waals surface area contributed by atoms with Crippen LogP contribution in [0, 0.1) is 5.92 Å². The van der Waals surface area contributed by atoms with Gasteiger partial charge in [0.05, 0.1) is 13.1 Å². The molecule has 3 N–H and O–H groups in total. The first-order chi connectivity index (χ1) is 9.58. The lowest BCUT2D eigenvalue weighted by atomic mass is 9.97. The maximum absolute atomic E-state index is 12.1. The molecule has 0 bridgehead atoms. The fraction of sp³-hybridized carbons (Fsp3) is 0.857. The Balaban J connectivity index is 1.66. The van der Waals surface area contributed by atoms with Gasteiger partial charge < -0.3 is 16.0 Å². The number of piperidine rings is 1. The molecule has 2 amide bonds. The molecule has 0 unspecified atom stereocenters. The standard InChI is InChI=1S/C14H26N4O2/c1-17(9-13(19)16-12-2-3-12)14(20)10-18-6-4-11(8-15)5-7-18/h11-12H,2-10,15H2,1H3,(H,16,19). The molecule has 6 heteroatoms. The minimum atomic E-state index is -0.0508. The van der Waals surface area contributed by atoms with Gasteiger partial charge >= 0.3 is 0 Å². The van der Waals surface area contributed by atoms with Gasteiger partial charge in [-0.25, -0.2) is 0 Å². The second kappa shape index (κ2) is 7.04. The Morgan fingerprint density at radius 1 is 1.25 bits per heavy atom. The number of likely N-dealkylation sites (tertiary alicyclic amines) is 1. The zero-order valence-electron chi connectivity index (χ0n) is 12.3. The van der Waals surface area contributed by atoms with Crippen LogP contribution < -0.4 is 11.1 Å². The number of hydrogen-bond acceptors (Lipinski definition) is 4. The first-order valence-electron chi connectivity index (χ1n) is 7.54. The van der Waals surface area contributed by atoms with Gasteiger partial charge in [-0.05, 0) is 51.2 Å². The Kier molecular flexibility index (Phi) is 5.37. The highest BCUT2D eigenvalue weighted by Gasteiger charge is 2.25. The number of hydrogen-bond donors (Lipinski definition) is 2. The first-order valence-corrected chi connectivity index (χ1v) is 7.54. The van der Waals surface area contributed by atoms with Crippen molar-refractivity contribution < 1.29 is 9.59 Å². The Morgan fingerprint density at radius 2 is 1.90 bits per heavy atom. The van der Waals surface area contributed by atoms with Crippen LogP contribution in [0.4, 0.5) is 0 Å². The van der Waals surface area contributed by atoms with E-state index in [1.54, 1.807) is 7.05 Å². The van der Waals surface area contributed by atoms with Crippen molar-refractivity contribution in [3.05, 3.63) is 0 Å². The van der Waals surface area contributed by atoms with Crippen molar-refractivity contribution in [3.8, 4) is 0 Å². The number of nitrogens with one attached hydrogen (secondary N) is 1. The van der Waals surface area contributed by atoms with E-state index in [1.165, 1.54) is 4.90 Å². The normalized spacial score (nSPS) is 20.7. The Bertz CT molecular complexity index is 349. The van der Waals surface area contributed by atoms with Crippen LogP contribution in [0.2, 0.25) is 0 Å². The van der Waals surface area contributed by atoms with E-state index >= 15 is 0 Å². The van der Waals surface area contributed by atoms with E-state index in [0.717, 1.165) is 45.3 Å². The quantitative estimate of drug-likeness (QED) is 0.681. The van der Waals surface area contributed by atoms with Crippen LogP contribution >= 0.6 is 0 Å². The fourth-order valence-corrected chi connectivity index (χ4v) is 2.50. The summed E-state index contributed by atoms with van der Waals surface area (Å²) in [5.41, 5.74) is 5.66. The molecule has 0 atom stereocenters. The molecule has 0 aromatic heterocycles. The van der Waals surface area contributed by atoms with E-state index in [9.17, 15) is 9.59 Å². The van der Waals surface area contributed by atoms with Crippen molar-refractivity contribution in [1.29, 1.82) is 0 Å². The summed E-state index contributed by atoms with van der Waals surface area (Å²) in [7, 11) is 1.70. The number of nitrogens with zero attached hydrogens (tertiary/aromatic N) is 2. The van der Waals surface area contributed by atoms with E-state index in [2.05, 4.69) is 10.2 Å². The van der Waals surface area contributed by atoms with E-state index in [1.807, 2.05) is 0 Å². The molecule has 1 saturated heterocycles. The lowest BCUT2D eigenvalue weighted by Gasteiger charge is -2.31. The summed E-state index contributed by atoms with van der Waals surface area (Å²) >= 11 is 0. The summed E-state index contributed by atoms with van der Waals surface area (Å²) in [4.78, 5) is 27.4. The molecular formula is C14H26N4O2. The molecule has 20 heavy (non-hydrogen) atoms. The molecule has 0 aromatic carbocycles. The predicted molar refractivity (Wildman–Crippen MR) is 77.0 cm³/mol. The van der Waals surface area contributed by atoms with Crippen LogP contribution in [-0.2, 0) is 9.59 Å². The number of rotatable bonds is 6. The first kappa shape index (κ1) is 15.3. The number of carbonyl (C=O) groups is 2. The van der Waals surface area contributed by atoms with Crippen molar-refractivity contribution >= 4 is 11.8 Å². The van der Waals surface area contributed by atoms with Gasteiger partial charge in [0.25, 0.3) is 0 Å². The molecular weight excluding hydrogens is 256 g/mol. The van der Waals surface area contributed by atoms with E-state index in [-0.39, 0.29) is 18.4 Å². The van der Waals surface area contributed by atoms with E-state index < -0.39 is 0 Å². The summed E-state index contributed by atoms with van der Waals surface area (Å²) in [6.45, 7) is 3.16. The Labute approximate surface area is 120 Å². The van der Waals surface area contributed by atoms with Crippen LogP contribution in [0.5, 0.6) is 0 Å². The average molecular weight is 282 g/mol. The van der Waals surface area contributed by atoms with Crippen molar-refractivity contribution in [1.82, 2.24) is 15.1 Å². The van der Waals surface area contributed by atoms with Crippen molar-refractivity contribution in [3.63, 3.8) is 0 Å². The highest BCUT2D eigenvalue weighted by atomic mass is 16.2. The molecule has 2 fully saturated rings. The van der Waals surface area contributed by atoms with Crippen LogP contribution in [0.15, 0.2) is 0 Å². The highest BCUT2D eigenvalue weighted by Crippen LogP contribution is 2.18. The monoisotopic (exact) mass is 282 g/mol. The summed E-state index contributed by atoms with van der Waals surface area (Å²) < 4.78 is 0. The minimum Gasteiger partial charge on any atom is -0.352 e. The molecule has 1 aliphatic carbocycles.